The van der Waals surface area contributed by atoms with Gasteiger partial charge in [0.25, 0.3) is 0 Å². The van der Waals surface area contributed by atoms with E-state index >= 15 is 0 Å². The summed E-state index contributed by atoms with van der Waals surface area (Å²) in [5, 5.41) is 0. The fourth-order valence-corrected chi connectivity index (χ4v) is 1.43. The van der Waals surface area contributed by atoms with Crippen molar-refractivity contribution in [1.29, 1.82) is 0 Å². The summed E-state index contributed by atoms with van der Waals surface area (Å²) in [7, 11) is 0. The van der Waals surface area contributed by atoms with Gasteiger partial charge in [-0.05, 0) is 12.0 Å². The maximum atomic E-state index is 3.86. The van der Waals surface area contributed by atoms with Crippen molar-refractivity contribution < 1.29 is 0 Å². The summed E-state index contributed by atoms with van der Waals surface area (Å²) in [6.45, 7) is 6.06. The van der Waals surface area contributed by atoms with E-state index in [1.165, 1.54) is 18.4 Å². The SMILES string of the molecule is C=C[C@H](CCC)c1ccccc1. The molecule has 0 N–H and O–H groups in total. The van der Waals surface area contributed by atoms with Crippen LogP contribution < -0.4 is 0 Å². The van der Waals surface area contributed by atoms with E-state index in [0.717, 1.165) is 0 Å². The van der Waals surface area contributed by atoms with E-state index < -0.39 is 0 Å². The largest absolute Gasteiger partial charge is 0.102 e. The molecule has 64 valence electrons. The number of hydrogen-bond donors (Lipinski definition) is 0. The van der Waals surface area contributed by atoms with E-state index in [0.29, 0.717) is 5.92 Å². The van der Waals surface area contributed by atoms with Crippen molar-refractivity contribution in [1.82, 2.24) is 0 Å². The molecule has 0 aliphatic heterocycles. The van der Waals surface area contributed by atoms with Crippen LogP contribution in [0.3, 0.4) is 0 Å². The summed E-state index contributed by atoms with van der Waals surface area (Å²) >= 11 is 0. The Balaban J connectivity index is 2.73. The first kappa shape index (κ1) is 9.05. The van der Waals surface area contributed by atoms with Crippen LogP contribution in [0.1, 0.15) is 31.2 Å². The number of hydrogen-bond acceptors (Lipinski definition) is 0. The van der Waals surface area contributed by atoms with Crippen LogP contribution in [0.4, 0.5) is 0 Å². The molecular weight excluding hydrogens is 144 g/mol. The zero-order chi connectivity index (χ0) is 8.81. The monoisotopic (exact) mass is 160 g/mol. The molecule has 0 amide bonds. The molecule has 0 fully saturated rings. The zero-order valence-corrected chi connectivity index (χ0v) is 7.66. The number of allylic oxidation sites excluding steroid dienone is 1. The van der Waals surface area contributed by atoms with Crippen LogP contribution in [-0.4, -0.2) is 0 Å². The molecule has 0 unspecified atom stereocenters. The van der Waals surface area contributed by atoms with E-state index in [-0.39, 0.29) is 0 Å². The van der Waals surface area contributed by atoms with Crippen molar-refractivity contribution in [3.8, 4) is 0 Å². The smallest absolute Gasteiger partial charge is 0.00151 e. The molecule has 0 aromatic heterocycles. The summed E-state index contributed by atoms with van der Waals surface area (Å²) in [5.41, 5.74) is 1.38. The molecular formula is C12H16. The summed E-state index contributed by atoms with van der Waals surface area (Å²) in [6.07, 6.45) is 4.46. The fraction of sp³-hybridized carbons (Fsp3) is 0.333. The molecule has 0 aliphatic carbocycles. The first-order chi connectivity index (χ1) is 5.88. The van der Waals surface area contributed by atoms with Crippen LogP contribution in [0.15, 0.2) is 43.0 Å². The van der Waals surface area contributed by atoms with Crippen LogP contribution >= 0.6 is 0 Å². The van der Waals surface area contributed by atoms with Gasteiger partial charge in [0, 0.05) is 5.92 Å². The third-order valence-corrected chi connectivity index (χ3v) is 2.11. The van der Waals surface area contributed by atoms with Gasteiger partial charge >= 0.3 is 0 Å². The lowest BCUT2D eigenvalue weighted by atomic mass is 9.95. The molecule has 1 aromatic rings. The highest BCUT2D eigenvalue weighted by Crippen LogP contribution is 2.21. The van der Waals surface area contributed by atoms with Gasteiger partial charge in [0.1, 0.15) is 0 Å². The minimum Gasteiger partial charge on any atom is -0.102 e. The minimum absolute atomic E-state index is 0.538. The van der Waals surface area contributed by atoms with Crippen molar-refractivity contribution >= 4 is 0 Å². The normalized spacial score (nSPS) is 12.4. The minimum atomic E-state index is 0.538. The van der Waals surface area contributed by atoms with Gasteiger partial charge in [0.2, 0.25) is 0 Å². The molecule has 0 saturated heterocycles. The summed E-state index contributed by atoms with van der Waals surface area (Å²) in [5.74, 6) is 0.538. The Labute approximate surface area is 74.9 Å². The lowest BCUT2D eigenvalue weighted by Gasteiger charge is -2.10. The second kappa shape index (κ2) is 4.76. The third kappa shape index (κ3) is 2.23. The predicted molar refractivity (Wildman–Crippen MR) is 54.3 cm³/mol. The van der Waals surface area contributed by atoms with Gasteiger partial charge in [0.15, 0.2) is 0 Å². The Hall–Kier alpha value is -1.04. The molecule has 1 rings (SSSR count). The quantitative estimate of drug-likeness (QED) is 0.588. The standard InChI is InChI=1S/C12H16/c1-3-8-11(4-2)12-9-6-5-7-10-12/h4-7,9-11H,2-3,8H2,1H3/t11-/m1/s1. The molecule has 0 heterocycles. The molecule has 0 saturated carbocycles. The highest BCUT2D eigenvalue weighted by molar-refractivity contribution is 5.22. The molecule has 0 aliphatic rings. The molecule has 12 heavy (non-hydrogen) atoms. The first-order valence-corrected chi connectivity index (χ1v) is 4.56. The van der Waals surface area contributed by atoms with Crippen LogP contribution in [0.2, 0.25) is 0 Å². The number of rotatable bonds is 4. The Morgan fingerprint density at radius 2 is 2.00 bits per heavy atom. The molecule has 0 heteroatoms. The van der Waals surface area contributed by atoms with E-state index in [1.807, 2.05) is 6.08 Å². The van der Waals surface area contributed by atoms with Gasteiger partial charge < -0.3 is 0 Å². The van der Waals surface area contributed by atoms with Gasteiger partial charge in [-0.2, -0.15) is 0 Å². The van der Waals surface area contributed by atoms with E-state index in [4.69, 9.17) is 0 Å². The average Bonchev–Trinajstić information content (AvgIpc) is 2.15. The van der Waals surface area contributed by atoms with Gasteiger partial charge in [-0.1, -0.05) is 49.8 Å². The van der Waals surface area contributed by atoms with Crippen LogP contribution in [0.5, 0.6) is 0 Å². The predicted octanol–water partition coefficient (Wildman–Crippen LogP) is 3.76. The second-order valence-corrected chi connectivity index (χ2v) is 3.04. The van der Waals surface area contributed by atoms with Gasteiger partial charge in [-0.15, -0.1) is 6.58 Å². The van der Waals surface area contributed by atoms with Crippen LogP contribution in [-0.2, 0) is 0 Å². The highest BCUT2D eigenvalue weighted by atomic mass is 14.1. The zero-order valence-electron chi connectivity index (χ0n) is 7.66. The molecule has 0 spiro atoms. The van der Waals surface area contributed by atoms with Gasteiger partial charge in [-0.25, -0.2) is 0 Å². The molecule has 1 aromatic carbocycles. The van der Waals surface area contributed by atoms with Gasteiger partial charge in [0.05, 0.1) is 0 Å². The van der Waals surface area contributed by atoms with E-state index in [2.05, 4.69) is 43.8 Å². The first-order valence-electron chi connectivity index (χ1n) is 4.56. The fourth-order valence-electron chi connectivity index (χ4n) is 1.43. The molecule has 0 nitrogen and oxygen atoms in total. The number of benzene rings is 1. The van der Waals surface area contributed by atoms with Crippen molar-refractivity contribution in [2.45, 2.75) is 25.7 Å². The van der Waals surface area contributed by atoms with Crippen molar-refractivity contribution in [3.63, 3.8) is 0 Å². The van der Waals surface area contributed by atoms with Crippen molar-refractivity contribution in [3.05, 3.63) is 48.6 Å². The Morgan fingerprint density at radius 3 is 2.50 bits per heavy atom. The molecule has 0 bridgehead atoms. The van der Waals surface area contributed by atoms with Crippen LogP contribution in [0.25, 0.3) is 0 Å². The lowest BCUT2D eigenvalue weighted by Crippen LogP contribution is -1.92. The maximum Gasteiger partial charge on any atom is 0.00151 e. The Kier molecular flexibility index (Phi) is 3.59. The Bertz CT molecular complexity index is 223. The second-order valence-electron chi connectivity index (χ2n) is 3.04. The lowest BCUT2D eigenvalue weighted by molar-refractivity contribution is 0.718. The van der Waals surface area contributed by atoms with Crippen molar-refractivity contribution in [2.24, 2.45) is 0 Å². The topological polar surface area (TPSA) is 0 Å². The van der Waals surface area contributed by atoms with Crippen molar-refractivity contribution in [2.75, 3.05) is 0 Å². The van der Waals surface area contributed by atoms with E-state index in [1.54, 1.807) is 0 Å². The highest BCUT2D eigenvalue weighted by Gasteiger charge is 2.03. The third-order valence-electron chi connectivity index (χ3n) is 2.11. The van der Waals surface area contributed by atoms with Crippen LogP contribution in [0, 0.1) is 0 Å². The van der Waals surface area contributed by atoms with Gasteiger partial charge in [-0.3, -0.25) is 0 Å². The molecule has 0 radical (unpaired) electrons. The average molecular weight is 160 g/mol. The Morgan fingerprint density at radius 1 is 1.33 bits per heavy atom. The summed E-state index contributed by atoms with van der Waals surface area (Å²) in [6, 6.07) is 10.6. The summed E-state index contributed by atoms with van der Waals surface area (Å²) < 4.78 is 0. The summed E-state index contributed by atoms with van der Waals surface area (Å²) in [4.78, 5) is 0. The van der Waals surface area contributed by atoms with E-state index in [9.17, 15) is 0 Å². The molecule has 1 atom stereocenters. The maximum absolute atomic E-state index is 3.86.